The molecule has 1 heterocycles. The Hall–Kier alpha value is -1.85. The number of aromatic amines is 1. The third kappa shape index (κ3) is 3.38. The molecule has 1 aromatic rings. The van der Waals surface area contributed by atoms with Gasteiger partial charge in [-0.2, -0.15) is 0 Å². The van der Waals surface area contributed by atoms with E-state index in [2.05, 4.69) is 20.0 Å². The zero-order chi connectivity index (χ0) is 12.1. The summed E-state index contributed by atoms with van der Waals surface area (Å²) in [4.78, 5) is 29.0. The van der Waals surface area contributed by atoms with Gasteiger partial charge in [-0.05, 0) is 0 Å². The Labute approximate surface area is 93.0 Å². The Morgan fingerprint density at radius 3 is 2.88 bits per heavy atom. The van der Waals surface area contributed by atoms with Gasteiger partial charge in [-0.25, -0.2) is 4.98 Å². The van der Waals surface area contributed by atoms with Gasteiger partial charge in [0.15, 0.2) is 0 Å². The van der Waals surface area contributed by atoms with Crippen LogP contribution in [0.1, 0.15) is 25.6 Å². The molecule has 88 valence electrons. The number of H-pyrrole nitrogens is 1. The number of anilines is 1. The van der Waals surface area contributed by atoms with Crippen molar-refractivity contribution in [3.05, 3.63) is 22.2 Å². The second kappa shape index (κ2) is 5.29. The number of nitrogens with one attached hydrogen (secondary N) is 2. The predicted octanol–water partition coefficient (Wildman–Crippen LogP) is 0.478. The topological polar surface area (TPSA) is 84.1 Å². The van der Waals surface area contributed by atoms with Gasteiger partial charge in [0.2, 0.25) is 0 Å². The molecule has 0 aliphatic carbocycles. The van der Waals surface area contributed by atoms with Gasteiger partial charge >= 0.3 is 5.97 Å². The lowest BCUT2D eigenvalue weighted by Gasteiger charge is -2.07. The Bertz CT molecular complexity index is 426. The maximum atomic E-state index is 11.3. The summed E-state index contributed by atoms with van der Waals surface area (Å²) in [7, 11) is 1.30. The molecule has 0 aromatic carbocycles. The van der Waals surface area contributed by atoms with Crippen molar-refractivity contribution in [3.8, 4) is 0 Å². The Kier molecular flexibility index (Phi) is 4.04. The average Bonchev–Trinajstić information content (AvgIpc) is 2.25. The second-order valence-electron chi connectivity index (χ2n) is 3.60. The van der Waals surface area contributed by atoms with Crippen LogP contribution < -0.4 is 10.9 Å². The smallest absolute Gasteiger partial charge is 0.325 e. The van der Waals surface area contributed by atoms with Gasteiger partial charge in [-0.1, -0.05) is 13.8 Å². The van der Waals surface area contributed by atoms with Gasteiger partial charge in [0.05, 0.1) is 7.11 Å². The summed E-state index contributed by atoms with van der Waals surface area (Å²) in [6.45, 7) is 3.83. The van der Waals surface area contributed by atoms with E-state index >= 15 is 0 Å². The van der Waals surface area contributed by atoms with Crippen LogP contribution in [0, 0.1) is 0 Å². The first-order valence-corrected chi connectivity index (χ1v) is 4.95. The van der Waals surface area contributed by atoms with Crippen LogP contribution >= 0.6 is 0 Å². The van der Waals surface area contributed by atoms with E-state index in [1.165, 1.54) is 13.2 Å². The summed E-state index contributed by atoms with van der Waals surface area (Å²) in [6.07, 6.45) is 0. The molecule has 6 heteroatoms. The summed E-state index contributed by atoms with van der Waals surface area (Å²) in [5.41, 5.74) is -0.244. The Morgan fingerprint density at radius 2 is 2.31 bits per heavy atom. The fraction of sp³-hybridized carbons (Fsp3) is 0.500. The molecule has 16 heavy (non-hydrogen) atoms. The van der Waals surface area contributed by atoms with Gasteiger partial charge in [0, 0.05) is 12.0 Å². The van der Waals surface area contributed by atoms with Crippen LogP contribution in [0.5, 0.6) is 0 Å². The lowest BCUT2D eigenvalue weighted by atomic mass is 10.2. The number of hydrogen-bond acceptors (Lipinski definition) is 5. The largest absolute Gasteiger partial charge is 0.468 e. The monoisotopic (exact) mass is 225 g/mol. The van der Waals surface area contributed by atoms with Gasteiger partial charge in [0.25, 0.3) is 5.56 Å². The fourth-order valence-electron chi connectivity index (χ4n) is 1.08. The van der Waals surface area contributed by atoms with Crippen molar-refractivity contribution < 1.29 is 9.53 Å². The molecule has 0 unspecified atom stereocenters. The van der Waals surface area contributed by atoms with Gasteiger partial charge in [0.1, 0.15) is 18.2 Å². The molecule has 2 N–H and O–H groups in total. The number of carbonyl (C=O) groups excluding carboxylic acids is 1. The first-order valence-electron chi connectivity index (χ1n) is 4.95. The minimum Gasteiger partial charge on any atom is -0.468 e. The molecule has 0 amide bonds. The normalized spacial score (nSPS) is 10.2. The standard InChI is InChI=1S/C10H15N3O3/c1-6(2)10-12-7(4-8(14)13-10)11-5-9(15)16-3/h4,6H,5H2,1-3H3,(H2,11,12,13,14). The molecule has 0 saturated carbocycles. The van der Waals surface area contributed by atoms with Crippen molar-refractivity contribution >= 4 is 11.8 Å². The van der Waals surface area contributed by atoms with Gasteiger partial charge in [-0.15, -0.1) is 0 Å². The minimum atomic E-state index is -0.409. The van der Waals surface area contributed by atoms with E-state index in [1.54, 1.807) is 0 Å². The third-order valence-corrected chi connectivity index (χ3v) is 1.95. The molecule has 0 fully saturated rings. The van der Waals surface area contributed by atoms with Crippen molar-refractivity contribution in [1.82, 2.24) is 9.97 Å². The Morgan fingerprint density at radius 1 is 1.62 bits per heavy atom. The number of nitrogens with zero attached hydrogens (tertiary/aromatic N) is 1. The number of aromatic nitrogens is 2. The molecular formula is C10H15N3O3. The fourth-order valence-corrected chi connectivity index (χ4v) is 1.08. The molecule has 0 aliphatic rings. The summed E-state index contributed by atoms with van der Waals surface area (Å²) < 4.78 is 4.46. The highest BCUT2D eigenvalue weighted by atomic mass is 16.5. The summed E-state index contributed by atoms with van der Waals surface area (Å²) in [6, 6.07) is 1.30. The maximum Gasteiger partial charge on any atom is 0.325 e. The Balaban J connectivity index is 2.80. The van der Waals surface area contributed by atoms with Gasteiger partial charge < -0.3 is 15.0 Å². The van der Waals surface area contributed by atoms with Crippen LogP contribution in [0.15, 0.2) is 10.9 Å². The highest BCUT2D eigenvalue weighted by Crippen LogP contribution is 2.08. The summed E-state index contributed by atoms with van der Waals surface area (Å²) >= 11 is 0. The number of hydrogen-bond donors (Lipinski definition) is 2. The van der Waals surface area contributed by atoms with E-state index in [-0.39, 0.29) is 18.0 Å². The van der Waals surface area contributed by atoms with Crippen LogP contribution in [0.4, 0.5) is 5.82 Å². The zero-order valence-electron chi connectivity index (χ0n) is 9.53. The minimum absolute atomic E-state index is 0.00944. The first kappa shape index (κ1) is 12.2. The maximum absolute atomic E-state index is 11.3. The van der Waals surface area contributed by atoms with Crippen molar-refractivity contribution in [3.63, 3.8) is 0 Å². The van der Waals surface area contributed by atoms with Gasteiger partial charge in [-0.3, -0.25) is 9.59 Å². The quantitative estimate of drug-likeness (QED) is 0.728. The number of esters is 1. The number of ether oxygens (including phenoxy) is 1. The number of rotatable bonds is 4. The van der Waals surface area contributed by atoms with Crippen molar-refractivity contribution in [2.24, 2.45) is 0 Å². The molecule has 0 saturated heterocycles. The van der Waals surface area contributed by atoms with Crippen molar-refractivity contribution in [1.29, 1.82) is 0 Å². The molecular weight excluding hydrogens is 210 g/mol. The molecule has 1 rings (SSSR count). The van der Waals surface area contributed by atoms with Crippen LogP contribution in [0.3, 0.4) is 0 Å². The van der Waals surface area contributed by atoms with E-state index in [1.807, 2.05) is 13.8 Å². The molecule has 0 radical (unpaired) electrons. The molecule has 0 bridgehead atoms. The van der Waals surface area contributed by atoms with Crippen LogP contribution in [-0.4, -0.2) is 29.6 Å². The van der Waals surface area contributed by atoms with E-state index < -0.39 is 5.97 Å². The lowest BCUT2D eigenvalue weighted by Crippen LogP contribution is -2.19. The van der Waals surface area contributed by atoms with E-state index in [0.29, 0.717) is 11.6 Å². The van der Waals surface area contributed by atoms with Crippen LogP contribution in [-0.2, 0) is 9.53 Å². The summed E-state index contributed by atoms with van der Waals surface area (Å²) in [5.74, 6) is 0.665. The highest BCUT2D eigenvalue weighted by Gasteiger charge is 2.06. The lowest BCUT2D eigenvalue weighted by molar-refractivity contribution is -0.138. The molecule has 0 spiro atoms. The predicted molar refractivity (Wildman–Crippen MR) is 59.5 cm³/mol. The SMILES string of the molecule is COC(=O)CNc1cc(=O)[nH]c(C(C)C)n1. The highest BCUT2D eigenvalue weighted by molar-refractivity contribution is 5.74. The zero-order valence-corrected chi connectivity index (χ0v) is 9.53. The van der Waals surface area contributed by atoms with Crippen LogP contribution in [0.25, 0.3) is 0 Å². The summed E-state index contributed by atoms with van der Waals surface area (Å²) in [5, 5.41) is 2.73. The van der Waals surface area contributed by atoms with E-state index in [9.17, 15) is 9.59 Å². The van der Waals surface area contributed by atoms with Crippen LogP contribution in [0.2, 0.25) is 0 Å². The van der Waals surface area contributed by atoms with Crippen molar-refractivity contribution in [2.75, 3.05) is 19.0 Å². The first-order chi connectivity index (χ1) is 7.52. The van der Waals surface area contributed by atoms with Crippen molar-refractivity contribution in [2.45, 2.75) is 19.8 Å². The number of methoxy groups -OCH3 is 1. The average molecular weight is 225 g/mol. The molecule has 1 aromatic heterocycles. The molecule has 0 aliphatic heterocycles. The van der Waals surface area contributed by atoms with E-state index in [4.69, 9.17) is 0 Å². The third-order valence-electron chi connectivity index (χ3n) is 1.95. The number of carbonyl (C=O) groups is 1. The second-order valence-corrected chi connectivity index (χ2v) is 3.60. The van der Waals surface area contributed by atoms with E-state index in [0.717, 1.165) is 0 Å². The molecule has 0 atom stereocenters. The molecule has 6 nitrogen and oxygen atoms in total.